The number of aromatic nitrogens is 2. The van der Waals surface area contributed by atoms with Gasteiger partial charge in [0.25, 0.3) is 5.91 Å². The Balaban J connectivity index is 1.69. The highest BCUT2D eigenvalue weighted by molar-refractivity contribution is 7.17. The first-order valence-electron chi connectivity index (χ1n) is 8.15. The van der Waals surface area contributed by atoms with E-state index < -0.39 is 0 Å². The van der Waals surface area contributed by atoms with Crippen molar-refractivity contribution >= 4 is 28.2 Å². The van der Waals surface area contributed by atoms with Crippen molar-refractivity contribution in [2.24, 2.45) is 0 Å². The van der Waals surface area contributed by atoms with Gasteiger partial charge in [0.2, 0.25) is 0 Å². The summed E-state index contributed by atoms with van der Waals surface area (Å²) in [5, 5.41) is 6.72. The summed E-state index contributed by atoms with van der Waals surface area (Å²) in [4.78, 5) is 21.9. The van der Waals surface area contributed by atoms with Crippen LogP contribution in [-0.2, 0) is 6.54 Å². The lowest BCUT2D eigenvalue weighted by molar-refractivity contribution is 0.0954. The van der Waals surface area contributed by atoms with Crippen LogP contribution in [0.1, 0.15) is 26.6 Å². The molecule has 1 aromatic carbocycles. The molecule has 0 aliphatic heterocycles. The average Bonchev–Trinajstić information content (AvgIpc) is 3.00. The Morgan fingerprint density at radius 2 is 1.92 bits per heavy atom. The maximum atomic E-state index is 12.5. The third-order valence-corrected chi connectivity index (χ3v) is 4.83. The molecule has 6 nitrogen and oxygen atoms in total. The van der Waals surface area contributed by atoms with Gasteiger partial charge in [-0.3, -0.25) is 4.79 Å². The van der Waals surface area contributed by atoms with Gasteiger partial charge in [-0.2, -0.15) is 0 Å². The molecular formula is C19H20N4O2S. The van der Waals surface area contributed by atoms with Crippen molar-refractivity contribution in [3.63, 3.8) is 0 Å². The lowest BCUT2D eigenvalue weighted by atomic mass is 10.2. The second kappa shape index (κ2) is 7.97. The third kappa shape index (κ3) is 4.18. The van der Waals surface area contributed by atoms with Crippen LogP contribution < -0.4 is 15.4 Å². The highest BCUT2D eigenvalue weighted by atomic mass is 32.1. The van der Waals surface area contributed by atoms with E-state index in [0.29, 0.717) is 28.1 Å². The number of rotatable bonds is 6. The third-order valence-electron chi connectivity index (χ3n) is 3.76. The smallest absolute Gasteiger partial charge is 0.263 e. The van der Waals surface area contributed by atoms with Crippen molar-refractivity contribution in [1.82, 2.24) is 15.3 Å². The average molecular weight is 368 g/mol. The van der Waals surface area contributed by atoms with Gasteiger partial charge in [-0.15, -0.1) is 0 Å². The molecule has 0 bridgehead atoms. The van der Waals surface area contributed by atoms with Gasteiger partial charge in [-0.1, -0.05) is 35.6 Å². The molecule has 0 spiro atoms. The topological polar surface area (TPSA) is 76.1 Å². The molecule has 0 aliphatic rings. The summed E-state index contributed by atoms with van der Waals surface area (Å²) >= 11 is 1.31. The molecule has 3 aromatic rings. The van der Waals surface area contributed by atoms with Gasteiger partial charge in [0.05, 0.1) is 12.8 Å². The summed E-state index contributed by atoms with van der Waals surface area (Å²) in [6, 6.07) is 13.3. The molecule has 0 saturated heterocycles. The lowest BCUT2D eigenvalue weighted by Gasteiger charge is -2.09. The summed E-state index contributed by atoms with van der Waals surface area (Å²) < 4.78 is 5.31. The van der Waals surface area contributed by atoms with Crippen LogP contribution in [0.25, 0.3) is 0 Å². The zero-order valence-corrected chi connectivity index (χ0v) is 15.7. The fourth-order valence-electron chi connectivity index (χ4n) is 2.49. The maximum absolute atomic E-state index is 12.5. The summed E-state index contributed by atoms with van der Waals surface area (Å²) in [5.74, 6) is 1.30. The molecule has 7 heteroatoms. The van der Waals surface area contributed by atoms with Crippen LogP contribution in [0.3, 0.4) is 0 Å². The van der Waals surface area contributed by atoms with E-state index in [1.54, 1.807) is 7.11 Å². The van der Waals surface area contributed by atoms with E-state index in [2.05, 4.69) is 20.6 Å². The van der Waals surface area contributed by atoms with Crippen LogP contribution in [0.15, 0.2) is 42.5 Å². The highest BCUT2D eigenvalue weighted by Gasteiger charge is 2.16. The molecule has 0 atom stereocenters. The number of aryl methyl sites for hydroxylation is 2. The van der Waals surface area contributed by atoms with Crippen LogP contribution in [0.4, 0.5) is 10.9 Å². The fourth-order valence-corrected chi connectivity index (χ4v) is 3.38. The van der Waals surface area contributed by atoms with Gasteiger partial charge in [0.1, 0.15) is 16.4 Å². The first-order chi connectivity index (χ1) is 12.6. The number of hydrogen-bond acceptors (Lipinski definition) is 6. The number of carbonyl (C=O) groups is 1. The summed E-state index contributed by atoms with van der Waals surface area (Å²) in [6.07, 6.45) is 0. The van der Waals surface area contributed by atoms with Crippen LogP contribution in [0.2, 0.25) is 0 Å². The number of nitrogens with one attached hydrogen (secondary N) is 2. The monoisotopic (exact) mass is 368 g/mol. The number of hydrogen-bond donors (Lipinski definition) is 2. The molecule has 3 rings (SSSR count). The van der Waals surface area contributed by atoms with Crippen molar-refractivity contribution in [2.75, 3.05) is 12.4 Å². The highest BCUT2D eigenvalue weighted by Crippen LogP contribution is 2.25. The molecule has 1 amide bonds. The van der Waals surface area contributed by atoms with E-state index >= 15 is 0 Å². The number of pyridine rings is 1. The van der Waals surface area contributed by atoms with Crippen molar-refractivity contribution in [2.45, 2.75) is 20.4 Å². The molecule has 0 unspecified atom stereocenters. The predicted octanol–water partition coefficient (Wildman–Crippen LogP) is 3.84. The molecule has 0 fully saturated rings. The SMILES string of the molecule is COc1ccccc1CNC(=O)c1sc(Nc2cccc(C)n2)nc1C. The normalized spacial score (nSPS) is 10.4. The van der Waals surface area contributed by atoms with Crippen LogP contribution in [-0.4, -0.2) is 23.0 Å². The van der Waals surface area contributed by atoms with Gasteiger partial charge in [-0.25, -0.2) is 9.97 Å². The minimum absolute atomic E-state index is 0.156. The van der Waals surface area contributed by atoms with Crippen molar-refractivity contribution in [3.05, 3.63) is 64.3 Å². The number of amides is 1. The number of nitrogens with zero attached hydrogens (tertiary/aromatic N) is 2. The summed E-state index contributed by atoms with van der Waals surface area (Å²) in [6.45, 7) is 4.14. The molecule has 2 heterocycles. The number of anilines is 2. The minimum atomic E-state index is -0.156. The molecule has 134 valence electrons. The summed E-state index contributed by atoms with van der Waals surface area (Å²) in [7, 11) is 1.62. The van der Waals surface area contributed by atoms with E-state index in [1.165, 1.54) is 11.3 Å². The molecular weight excluding hydrogens is 348 g/mol. The molecule has 0 aliphatic carbocycles. The Morgan fingerprint density at radius 1 is 1.12 bits per heavy atom. The predicted molar refractivity (Wildman–Crippen MR) is 103 cm³/mol. The van der Waals surface area contributed by atoms with Crippen LogP contribution in [0.5, 0.6) is 5.75 Å². The van der Waals surface area contributed by atoms with E-state index in [4.69, 9.17) is 4.74 Å². The Labute approximate surface area is 156 Å². The van der Waals surface area contributed by atoms with Gasteiger partial charge >= 0.3 is 0 Å². The zero-order chi connectivity index (χ0) is 18.5. The number of thiazole rings is 1. The Bertz CT molecular complexity index is 923. The molecule has 2 N–H and O–H groups in total. The van der Waals surface area contributed by atoms with E-state index in [0.717, 1.165) is 17.0 Å². The van der Waals surface area contributed by atoms with Crippen LogP contribution in [0, 0.1) is 13.8 Å². The number of ether oxygens (including phenoxy) is 1. The van der Waals surface area contributed by atoms with Gasteiger partial charge < -0.3 is 15.4 Å². The number of carbonyl (C=O) groups excluding carboxylic acids is 1. The second-order valence-electron chi connectivity index (χ2n) is 5.72. The quantitative estimate of drug-likeness (QED) is 0.691. The number of methoxy groups -OCH3 is 1. The minimum Gasteiger partial charge on any atom is -0.496 e. The van der Waals surface area contributed by atoms with Crippen molar-refractivity contribution in [1.29, 1.82) is 0 Å². The Morgan fingerprint density at radius 3 is 2.69 bits per heavy atom. The number of benzene rings is 1. The lowest BCUT2D eigenvalue weighted by Crippen LogP contribution is -2.22. The Kier molecular flexibility index (Phi) is 5.48. The molecule has 26 heavy (non-hydrogen) atoms. The maximum Gasteiger partial charge on any atom is 0.263 e. The van der Waals surface area contributed by atoms with Crippen LogP contribution >= 0.6 is 11.3 Å². The van der Waals surface area contributed by atoms with E-state index in [9.17, 15) is 4.79 Å². The van der Waals surface area contributed by atoms with Crippen molar-refractivity contribution in [3.8, 4) is 5.75 Å². The fraction of sp³-hybridized carbons (Fsp3) is 0.211. The molecule has 0 radical (unpaired) electrons. The van der Waals surface area contributed by atoms with Gasteiger partial charge in [0, 0.05) is 17.8 Å². The standard InChI is InChI=1S/C19H20N4O2S/c1-12-7-6-10-16(21-12)23-19-22-13(2)17(26-19)18(24)20-11-14-8-4-5-9-15(14)25-3/h4-10H,11H2,1-3H3,(H,20,24)(H,21,22,23). The molecule has 2 aromatic heterocycles. The van der Waals surface area contributed by atoms with Gasteiger partial charge in [0.15, 0.2) is 5.13 Å². The van der Waals surface area contributed by atoms with Crippen molar-refractivity contribution < 1.29 is 9.53 Å². The van der Waals surface area contributed by atoms with Gasteiger partial charge in [-0.05, 0) is 32.0 Å². The first kappa shape index (κ1) is 17.9. The number of para-hydroxylation sites is 1. The zero-order valence-electron chi connectivity index (χ0n) is 14.9. The summed E-state index contributed by atoms with van der Waals surface area (Å²) in [5.41, 5.74) is 2.52. The Hall–Kier alpha value is -2.93. The molecule has 0 saturated carbocycles. The first-order valence-corrected chi connectivity index (χ1v) is 8.96. The second-order valence-corrected chi connectivity index (χ2v) is 6.72. The van der Waals surface area contributed by atoms with E-state index in [1.807, 2.05) is 56.3 Å². The largest absolute Gasteiger partial charge is 0.496 e. The van der Waals surface area contributed by atoms with E-state index in [-0.39, 0.29) is 5.91 Å².